The van der Waals surface area contributed by atoms with E-state index in [4.69, 9.17) is 0 Å². The van der Waals surface area contributed by atoms with E-state index in [1.807, 2.05) is 0 Å². The van der Waals surface area contributed by atoms with Crippen LogP contribution < -0.4 is 4.90 Å². The van der Waals surface area contributed by atoms with Gasteiger partial charge in [0.15, 0.2) is 0 Å². The van der Waals surface area contributed by atoms with Crippen LogP contribution in [0.25, 0.3) is 0 Å². The summed E-state index contributed by atoms with van der Waals surface area (Å²) >= 11 is 0. The normalized spacial score (nSPS) is 15.8. The van der Waals surface area contributed by atoms with E-state index in [0.29, 0.717) is 0 Å². The molecule has 0 bridgehead atoms. The molecule has 0 aromatic carbocycles. The summed E-state index contributed by atoms with van der Waals surface area (Å²) in [6, 6.07) is 2.20. The second-order valence-corrected chi connectivity index (χ2v) is 3.83. The van der Waals surface area contributed by atoms with Crippen LogP contribution in [0, 0.1) is 20.8 Å². The molecule has 0 amide bonds. The maximum Gasteiger partial charge on any atom is 0.0432 e. The molecule has 0 radical (unpaired) electrons. The van der Waals surface area contributed by atoms with Crippen molar-refractivity contribution in [1.82, 2.24) is 4.98 Å². The Morgan fingerprint density at radius 3 is 2.46 bits per heavy atom. The van der Waals surface area contributed by atoms with Gasteiger partial charge >= 0.3 is 0 Å². The van der Waals surface area contributed by atoms with E-state index >= 15 is 0 Å². The average molecular weight is 176 g/mol. The molecule has 1 aliphatic rings. The van der Waals surface area contributed by atoms with Gasteiger partial charge in [0.25, 0.3) is 0 Å². The highest BCUT2D eigenvalue weighted by Crippen LogP contribution is 2.26. The Labute approximate surface area is 79.6 Å². The van der Waals surface area contributed by atoms with E-state index in [1.165, 1.54) is 36.5 Å². The lowest BCUT2D eigenvalue weighted by molar-refractivity contribution is 0.615. The first kappa shape index (κ1) is 8.54. The van der Waals surface area contributed by atoms with Crippen molar-refractivity contribution in [3.05, 3.63) is 23.0 Å². The molecule has 13 heavy (non-hydrogen) atoms. The quantitative estimate of drug-likeness (QED) is 0.652. The van der Waals surface area contributed by atoms with Crippen molar-refractivity contribution in [1.29, 1.82) is 0 Å². The highest BCUT2D eigenvalue weighted by atomic mass is 15.2. The van der Waals surface area contributed by atoms with Crippen molar-refractivity contribution in [2.75, 3.05) is 18.0 Å². The van der Waals surface area contributed by atoms with E-state index in [2.05, 4.69) is 36.7 Å². The molecular weight excluding hydrogens is 160 g/mol. The van der Waals surface area contributed by atoms with Gasteiger partial charge in [0.1, 0.15) is 0 Å². The SMILES string of the molecule is Cc1cc(N2CCC2)c(C)c(C)n1. The van der Waals surface area contributed by atoms with Gasteiger partial charge in [-0.15, -0.1) is 0 Å². The zero-order valence-electron chi connectivity index (χ0n) is 8.59. The molecule has 1 aromatic rings. The molecule has 2 heteroatoms. The smallest absolute Gasteiger partial charge is 0.0432 e. The molecule has 70 valence electrons. The fraction of sp³-hybridized carbons (Fsp3) is 0.545. The highest BCUT2D eigenvalue weighted by Gasteiger charge is 2.17. The molecule has 0 N–H and O–H groups in total. The van der Waals surface area contributed by atoms with Crippen LogP contribution in [0.2, 0.25) is 0 Å². The summed E-state index contributed by atoms with van der Waals surface area (Å²) in [4.78, 5) is 6.88. The molecule has 1 saturated heterocycles. The van der Waals surface area contributed by atoms with Crippen molar-refractivity contribution >= 4 is 5.69 Å². The van der Waals surface area contributed by atoms with E-state index in [1.54, 1.807) is 0 Å². The van der Waals surface area contributed by atoms with E-state index in [9.17, 15) is 0 Å². The Hall–Kier alpha value is -1.05. The van der Waals surface area contributed by atoms with Crippen LogP contribution >= 0.6 is 0 Å². The number of hydrogen-bond donors (Lipinski definition) is 0. The van der Waals surface area contributed by atoms with Gasteiger partial charge in [0.2, 0.25) is 0 Å². The third kappa shape index (κ3) is 1.41. The Bertz CT molecular complexity index is 327. The molecule has 0 unspecified atom stereocenters. The lowest BCUT2D eigenvalue weighted by atomic mass is 10.1. The minimum atomic E-state index is 1.13. The summed E-state index contributed by atoms with van der Waals surface area (Å²) in [6.07, 6.45) is 1.33. The van der Waals surface area contributed by atoms with Crippen molar-refractivity contribution in [3.8, 4) is 0 Å². The van der Waals surface area contributed by atoms with Crippen LogP contribution in [0.3, 0.4) is 0 Å². The number of aromatic nitrogens is 1. The highest BCUT2D eigenvalue weighted by molar-refractivity contribution is 5.56. The van der Waals surface area contributed by atoms with Crippen LogP contribution in [0.4, 0.5) is 5.69 Å². The predicted molar refractivity (Wildman–Crippen MR) is 55.3 cm³/mol. The summed E-state index contributed by atoms with van der Waals surface area (Å²) in [5, 5.41) is 0. The third-order valence-corrected chi connectivity index (χ3v) is 2.81. The van der Waals surface area contributed by atoms with Gasteiger partial charge in [-0.05, 0) is 38.8 Å². The number of rotatable bonds is 1. The van der Waals surface area contributed by atoms with Crippen molar-refractivity contribution < 1.29 is 0 Å². The topological polar surface area (TPSA) is 16.1 Å². The Balaban J connectivity index is 2.42. The van der Waals surface area contributed by atoms with Gasteiger partial charge < -0.3 is 4.90 Å². The van der Waals surface area contributed by atoms with Gasteiger partial charge in [-0.25, -0.2) is 0 Å². The van der Waals surface area contributed by atoms with E-state index in [0.717, 1.165) is 5.69 Å². The molecule has 2 nitrogen and oxygen atoms in total. The number of aryl methyl sites for hydroxylation is 2. The van der Waals surface area contributed by atoms with Gasteiger partial charge in [0, 0.05) is 30.2 Å². The summed E-state index contributed by atoms with van der Waals surface area (Å²) in [5.41, 5.74) is 5.02. The fourth-order valence-electron chi connectivity index (χ4n) is 1.76. The van der Waals surface area contributed by atoms with E-state index in [-0.39, 0.29) is 0 Å². The largest absolute Gasteiger partial charge is 0.371 e. The van der Waals surface area contributed by atoms with Crippen molar-refractivity contribution in [2.24, 2.45) is 0 Å². The van der Waals surface area contributed by atoms with Gasteiger partial charge in [-0.3, -0.25) is 4.98 Å². The number of anilines is 1. The van der Waals surface area contributed by atoms with Gasteiger partial charge in [0.05, 0.1) is 0 Å². The molecule has 1 aliphatic heterocycles. The Kier molecular flexibility index (Phi) is 1.98. The molecule has 0 aliphatic carbocycles. The van der Waals surface area contributed by atoms with Crippen LogP contribution in [-0.4, -0.2) is 18.1 Å². The molecule has 0 saturated carbocycles. The maximum atomic E-state index is 4.45. The molecule has 2 rings (SSSR count). The number of hydrogen-bond acceptors (Lipinski definition) is 2. The molecule has 0 spiro atoms. The number of pyridine rings is 1. The first-order chi connectivity index (χ1) is 6.18. The summed E-state index contributed by atoms with van der Waals surface area (Å²) < 4.78 is 0. The third-order valence-electron chi connectivity index (χ3n) is 2.81. The molecule has 2 heterocycles. The second-order valence-electron chi connectivity index (χ2n) is 3.83. The maximum absolute atomic E-state index is 4.45. The van der Waals surface area contributed by atoms with Crippen LogP contribution in [0.5, 0.6) is 0 Å². The predicted octanol–water partition coefficient (Wildman–Crippen LogP) is 2.22. The summed E-state index contributed by atoms with van der Waals surface area (Å²) in [5.74, 6) is 0. The number of nitrogens with zero attached hydrogens (tertiary/aromatic N) is 2. The molecular formula is C11H16N2. The monoisotopic (exact) mass is 176 g/mol. The van der Waals surface area contributed by atoms with Crippen LogP contribution in [0.1, 0.15) is 23.4 Å². The average Bonchev–Trinajstić information content (AvgIpc) is 1.95. The van der Waals surface area contributed by atoms with Crippen LogP contribution in [0.15, 0.2) is 6.07 Å². The fourth-order valence-corrected chi connectivity index (χ4v) is 1.76. The Morgan fingerprint density at radius 1 is 1.23 bits per heavy atom. The lowest BCUT2D eigenvalue weighted by Gasteiger charge is -2.34. The zero-order valence-corrected chi connectivity index (χ0v) is 8.59. The first-order valence-electron chi connectivity index (χ1n) is 4.88. The lowest BCUT2D eigenvalue weighted by Crippen LogP contribution is -2.37. The standard InChI is InChI=1S/C11H16N2/c1-8-7-11(13-5-4-6-13)9(2)10(3)12-8/h7H,4-6H2,1-3H3. The van der Waals surface area contributed by atoms with Gasteiger partial charge in [-0.2, -0.15) is 0 Å². The van der Waals surface area contributed by atoms with E-state index < -0.39 is 0 Å². The molecule has 0 atom stereocenters. The Morgan fingerprint density at radius 2 is 1.92 bits per heavy atom. The minimum Gasteiger partial charge on any atom is -0.371 e. The summed E-state index contributed by atoms with van der Waals surface area (Å²) in [6.45, 7) is 8.74. The summed E-state index contributed by atoms with van der Waals surface area (Å²) in [7, 11) is 0. The molecule has 1 aromatic heterocycles. The van der Waals surface area contributed by atoms with Crippen LogP contribution in [-0.2, 0) is 0 Å². The second kappa shape index (κ2) is 3.02. The minimum absolute atomic E-state index is 1.13. The molecule has 1 fully saturated rings. The van der Waals surface area contributed by atoms with Crippen molar-refractivity contribution in [2.45, 2.75) is 27.2 Å². The van der Waals surface area contributed by atoms with Crippen molar-refractivity contribution in [3.63, 3.8) is 0 Å². The first-order valence-corrected chi connectivity index (χ1v) is 4.88. The van der Waals surface area contributed by atoms with Gasteiger partial charge in [-0.1, -0.05) is 0 Å². The zero-order chi connectivity index (χ0) is 9.42.